The van der Waals surface area contributed by atoms with Gasteiger partial charge in [0.1, 0.15) is 5.82 Å². The van der Waals surface area contributed by atoms with Gasteiger partial charge in [-0.25, -0.2) is 21.2 Å². The highest BCUT2D eigenvalue weighted by atomic mass is 32.2. The van der Waals surface area contributed by atoms with Crippen LogP contribution in [-0.2, 0) is 31.4 Å². The van der Waals surface area contributed by atoms with Gasteiger partial charge in [-0.2, -0.15) is 8.61 Å². The van der Waals surface area contributed by atoms with E-state index in [-0.39, 0.29) is 22.4 Å². The van der Waals surface area contributed by atoms with Crippen LogP contribution in [-0.4, -0.2) is 50.5 Å². The largest absolute Gasteiger partial charge is 0.325 e. The summed E-state index contributed by atoms with van der Waals surface area (Å²) >= 11 is 0. The standard InChI is InChI=1S/C28H32FN3O5S2/c1-2-25-10-6-7-19-32(25)39(36,37)27-17-15-26(16-18-27)38(34,35)31(20-22-11-13-23(29)14-12-22)21-28(33)30-24-8-4-3-5-9-24/h3-5,8-9,11-18,25H,2,6-7,10,19-21H2,1H3,(H,30,33). The molecule has 11 heteroatoms. The summed E-state index contributed by atoms with van der Waals surface area (Å²) in [5, 5.41) is 2.68. The maximum Gasteiger partial charge on any atom is 0.243 e. The van der Waals surface area contributed by atoms with E-state index in [1.807, 2.05) is 6.92 Å². The number of benzene rings is 3. The van der Waals surface area contributed by atoms with Crippen molar-refractivity contribution < 1.29 is 26.0 Å². The second-order valence-electron chi connectivity index (χ2n) is 9.46. The molecule has 1 fully saturated rings. The van der Waals surface area contributed by atoms with E-state index in [1.165, 1.54) is 52.8 Å². The number of carbonyl (C=O) groups is 1. The molecule has 1 heterocycles. The fraction of sp³-hybridized carbons (Fsp3) is 0.321. The molecule has 0 saturated carbocycles. The summed E-state index contributed by atoms with van der Waals surface area (Å²) in [7, 11) is -8.02. The molecule has 1 aliphatic rings. The van der Waals surface area contributed by atoms with Gasteiger partial charge in [0, 0.05) is 24.8 Å². The lowest BCUT2D eigenvalue weighted by Gasteiger charge is -2.34. The van der Waals surface area contributed by atoms with Gasteiger partial charge >= 0.3 is 0 Å². The van der Waals surface area contributed by atoms with E-state index < -0.39 is 38.3 Å². The van der Waals surface area contributed by atoms with Crippen LogP contribution < -0.4 is 5.32 Å². The normalized spacial score (nSPS) is 16.7. The average molecular weight is 574 g/mol. The van der Waals surface area contributed by atoms with Crippen molar-refractivity contribution in [2.45, 2.75) is 55.0 Å². The molecular formula is C28H32FN3O5S2. The number of anilines is 1. The number of piperidine rings is 1. The first kappa shape index (κ1) is 28.9. The third-order valence-electron chi connectivity index (χ3n) is 6.76. The molecule has 1 aliphatic heterocycles. The summed E-state index contributed by atoms with van der Waals surface area (Å²) in [5.41, 5.74) is 1.00. The lowest BCUT2D eigenvalue weighted by Crippen LogP contribution is -2.43. The minimum atomic E-state index is -4.23. The summed E-state index contributed by atoms with van der Waals surface area (Å²) < 4.78 is 69.9. The Hall–Kier alpha value is -3.12. The van der Waals surface area contributed by atoms with E-state index in [0.717, 1.165) is 23.6 Å². The molecule has 3 aromatic rings. The van der Waals surface area contributed by atoms with Crippen molar-refractivity contribution in [3.05, 3.63) is 90.2 Å². The quantitative estimate of drug-likeness (QED) is 0.382. The smallest absolute Gasteiger partial charge is 0.243 e. The minimum Gasteiger partial charge on any atom is -0.325 e. The van der Waals surface area contributed by atoms with Crippen LogP contribution in [0.5, 0.6) is 0 Å². The predicted molar refractivity (Wildman–Crippen MR) is 147 cm³/mol. The Morgan fingerprint density at radius 1 is 0.923 bits per heavy atom. The topological polar surface area (TPSA) is 104 Å². The van der Waals surface area contributed by atoms with Gasteiger partial charge in [-0.05, 0) is 73.4 Å². The first-order chi connectivity index (χ1) is 18.6. The first-order valence-electron chi connectivity index (χ1n) is 12.8. The maximum absolute atomic E-state index is 13.7. The summed E-state index contributed by atoms with van der Waals surface area (Å²) in [6.45, 7) is 1.71. The molecule has 0 bridgehead atoms. The summed E-state index contributed by atoms with van der Waals surface area (Å²) in [4.78, 5) is 12.7. The highest BCUT2D eigenvalue weighted by Crippen LogP contribution is 2.28. The van der Waals surface area contributed by atoms with E-state index in [9.17, 15) is 26.0 Å². The van der Waals surface area contributed by atoms with Crippen LogP contribution in [0.25, 0.3) is 0 Å². The van der Waals surface area contributed by atoms with Crippen molar-refractivity contribution in [1.82, 2.24) is 8.61 Å². The zero-order valence-corrected chi connectivity index (χ0v) is 23.3. The number of para-hydroxylation sites is 1. The second kappa shape index (κ2) is 12.4. The van der Waals surface area contributed by atoms with Crippen LogP contribution in [0.3, 0.4) is 0 Å². The number of hydrogen-bond donors (Lipinski definition) is 1. The SMILES string of the molecule is CCC1CCCCN1S(=O)(=O)c1ccc(S(=O)(=O)N(CC(=O)Nc2ccccc2)Cc2ccc(F)cc2)cc1. The van der Waals surface area contributed by atoms with Crippen LogP contribution in [0.2, 0.25) is 0 Å². The van der Waals surface area contributed by atoms with Crippen molar-refractivity contribution in [2.24, 2.45) is 0 Å². The molecule has 1 unspecified atom stereocenters. The van der Waals surface area contributed by atoms with Gasteiger partial charge in [0.15, 0.2) is 0 Å². The van der Waals surface area contributed by atoms with Crippen molar-refractivity contribution in [1.29, 1.82) is 0 Å². The van der Waals surface area contributed by atoms with Gasteiger partial charge in [-0.1, -0.05) is 43.7 Å². The van der Waals surface area contributed by atoms with E-state index in [4.69, 9.17) is 0 Å². The number of carbonyl (C=O) groups excluding carboxylic acids is 1. The number of sulfonamides is 2. The number of halogens is 1. The molecule has 39 heavy (non-hydrogen) atoms. The Balaban J connectivity index is 1.60. The van der Waals surface area contributed by atoms with Crippen LogP contribution in [0.15, 0.2) is 88.7 Å². The number of rotatable bonds is 10. The molecule has 1 atom stereocenters. The van der Waals surface area contributed by atoms with Crippen LogP contribution >= 0.6 is 0 Å². The number of amides is 1. The molecule has 8 nitrogen and oxygen atoms in total. The third kappa shape index (κ3) is 6.91. The Morgan fingerprint density at radius 3 is 2.21 bits per heavy atom. The van der Waals surface area contributed by atoms with E-state index >= 15 is 0 Å². The Labute approximate surface area is 229 Å². The van der Waals surface area contributed by atoms with Crippen molar-refractivity contribution in [3.8, 4) is 0 Å². The monoisotopic (exact) mass is 573 g/mol. The van der Waals surface area contributed by atoms with Gasteiger partial charge in [0.25, 0.3) is 0 Å². The summed E-state index contributed by atoms with van der Waals surface area (Å²) in [6.07, 6.45) is 3.26. The molecular weight excluding hydrogens is 541 g/mol. The van der Waals surface area contributed by atoms with Gasteiger partial charge in [0.05, 0.1) is 16.3 Å². The van der Waals surface area contributed by atoms with Crippen molar-refractivity contribution in [3.63, 3.8) is 0 Å². The lowest BCUT2D eigenvalue weighted by molar-refractivity contribution is -0.116. The number of hydrogen-bond acceptors (Lipinski definition) is 5. The second-order valence-corrected chi connectivity index (χ2v) is 13.3. The molecule has 1 saturated heterocycles. The molecule has 0 aliphatic carbocycles. The predicted octanol–water partition coefficient (Wildman–Crippen LogP) is 4.61. The molecule has 3 aromatic carbocycles. The fourth-order valence-electron chi connectivity index (χ4n) is 4.67. The van der Waals surface area contributed by atoms with E-state index in [2.05, 4.69) is 5.32 Å². The van der Waals surface area contributed by atoms with Crippen LogP contribution in [0.1, 0.15) is 38.2 Å². The Kier molecular flexibility index (Phi) is 9.16. The van der Waals surface area contributed by atoms with Gasteiger partial charge in [-0.15, -0.1) is 0 Å². The van der Waals surface area contributed by atoms with Crippen LogP contribution in [0.4, 0.5) is 10.1 Å². The van der Waals surface area contributed by atoms with Crippen LogP contribution in [0, 0.1) is 5.82 Å². The highest BCUT2D eigenvalue weighted by Gasteiger charge is 2.33. The lowest BCUT2D eigenvalue weighted by atomic mass is 10.0. The molecule has 0 spiro atoms. The highest BCUT2D eigenvalue weighted by molar-refractivity contribution is 7.89. The maximum atomic E-state index is 13.7. The van der Waals surface area contributed by atoms with Gasteiger partial charge in [0.2, 0.25) is 26.0 Å². The average Bonchev–Trinajstić information content (AvgIpc) is 2.94. The van der Waals surface area contributed by atoms with Crippen molar-refractivity contribution in [2.75, 3.05) is 18.4 Å². The fourth-order valence-corrected chi connectivity index (χ4v) is 7.82. The molecule has 208 valence electrons. The van der Waals surface area contributed by atoms with Gasteiger partial charge < -0.3 is 5.32 Å². The molecule has 1 N–H and O–H groups in total. The Morgan fingerprint density at radius 2 is 1.56 bits per heavy atom. The first-order valence-corrected chi connectivity index (χ1v) is 15.7. The van der Waals surface area contributed by atoms with Gasteiger partial charge in [-0.3, -0.25) is 4.79 Å². The zero-order chi connectivity index (χ0) is 28.0. The van der Waals surface area contributed by atoms with E-state index in [1.54, 1.807) is 30.3 Å². The molecule has 1 amide bonds. The third-order valence-corrected chi connectivity index (χ3v) is 10.5. The Bertz CT molecular complexity index is 1480. The minimum absolute atomic E-state index is 0.0219. The van der Waals surface area contributed by atoms with Crippen molar-refractivity contribution >= 4 is 31.6 Å². The molecule has 0 aromatic heterocycles. The number of nitrogens with one attached hydrogen (secondary N) is 1. The zero-order valence-electron chi connectivity index (χ0n) is 21.7. The molecule has 4 rings (SSSR count). The summed E-state index contributed by atoms with van der Waals surface area (Å²) in [6, 6.07) is 19.0. The molecule has 0 radical (unpaired) electrons. The number of nitrogens with zero attached hydrogens (tertiary/aromatic N) is 2. The summed E-state index contributed by atoms with van der Waals surface area (Å²) in [5.74, 6) is -1.02. The van der Waals surface area contributed by atoms with E-state index in [0.29, 0.717) is 24.2 Å².